The number of anilines is 1. The van der Waals surface area contributed by atoms with Gasteiger partial charge in [-0.05, 0) is 76.8 Å². The van der Waals surface area contributed by atoms with Crippen molar-refractivity contribution in [2.75, 3.05) is 11.9 Å². The highest BCUT2D eigenvalue weighted by Crippen LogP contribution is 2.50. The van der Waals surface area contributed by atoms with Crippen LogP contribution in [0.2, 0.25) is 0 Å². The molecule has 5 rings (SSSR count). The van der Waals surface area contributed by atoms with E-state index in [0.717, 1.165) is 18.8 Å². The molecular weight excluding hydrogens is 476 g/mol. The second-order valence-electron chi connectivity index (χ2n) is 11.6. The molecule has 0 saturated heterocycles. The number of carbonyl (C=O) groups is 1. The normalized spacial score (nSPS) is 21.5. The number of nitrogens with two attached hydrogens (primary N) is 1. The molecule has 1 amide bonds. The standard InChI is InChI=1S/C29H36N8O/c1-18(2)33-26(38)21-15-32-28(5,36-20-9-10-22-19(13-20)14-31-17-29(22)11-12-29)37-25(21)35-24-8-6-7-23(34-24)27(3,4)16-30/h6-10,13,15,18,31,36-37H,11-12,14,17H2,1-5H3,(H,33,38)(H,34,35)/p+1. The Morgan fingerprint density at radius 1 is 1.24 bits per heavy atom. The van der Waals surface area contributed by atoms with Crippen molar-refractivity contribution in [3.8, 4) is 6.07 Å². The molecule has 2 aliphatic heterocycles. The lowest BCUT2D eigenvalue weighted by Gasteiger charge is -2.33. The summed E-state index contributed by atoms with van der Waals surface area (Å²) >= 11 is 0. The molecule has 3 heterocycles. The summed E-state index contributed by atoms with van der Waals surface area (Å²) in [6.07, 6.45) is 4.11. The number of nitrogens with zero attached hydrogens (tertiary/aromatic N) is 3. The number of nitrogens with one attached hydrogen (secondary N) is 4. The number of carbonyl (C=O) groups excluding carboxylic acids is 1. The van der Waals surface area contributed by atoms with Crippen LogP contribution in [-0.4, -0.2) is 35.5 Å². The molecule has 3 aliphatic rings. The van der Waals surface area contributed by atoms with E-state index in [0.29, 0.717) is 28.3 Å². The van der Waals surface area contributed by atoms with Gasteiger partial charge in [0.05, 0.1) is 17.2 Å². The molecule has 1 unspecified atom stereocenters. The lowest BCUT2D eigenvalue weighted by molar-refractivity contribution is -0.529. The first kappa shape index (κ1) is 25.9. The Morgan fingerprint density at radius 2 is 2.03 bits per heavy atom. The van der Waals surface area contributed by atoms with Crippen LogP contribution < -0.4 is 26.6 Å². The van der Waals surface area contributed by atoms with E-state index in [1.807, 2.05) is 58.1 Å². The summed E-state index contributed by atoms with van der Waals surface area (Å²) in [4.78, 5) is 22.5. The van der Waals surface area contributed by atoms with Crippen LogP contribution in [-0.2, 0) is 22.2 Å². The minimum atomic E-state index is -0.884. The molecule has 1 aromatic carbocycles. The van der Waals surface area contributed by atoms with Crippen molar-refractivity contribution >= 4 is 23.6 Å². The van der Waals surface area contributed by atoms with Gasteiger partial charge in [0.15, 0.2) is 0 Å². The average Bonchev–Trinajstić information content (AvgIpc) is 3.63. The number of rotatable bonds is 7. The van der Waals surface area contributed by atoms with Gasteiger partial charge in [-0.3, -0.25) is 10.1 Å². The Kier molecular flexibility index (Phi) is 6.49. The van der Waals surface area contributed by atoms with Gasteiger partial charge in [0.25, 0.3) is 5.91 Å². The van der Waals surface area contributed by atoms with Crippen molar-refractivity contribution < 1.29 is 10.1 Å². The molecular formula is C29H37N8O+. The smallest absolute Gasteiger partial charge is 0.260 e. The van der Waals surface area contributed by atoms with Gasteiger partial charge in [-0.2, -0.15) is 10.2 Å². The maximum Gasteiger partial charge on any atom is 0.260 e. The molecule has 6 N–H and O–H groups in total. The summed E-state index contributed by atoms with van der Waals surface area (Å²) < 4.78 is 0. The number of pyridine rings is 1. The number of aromatic nitrogens is 1. The van der Waals surface area contributed by atoms with Crippen LogP contribution in [0.1, 0.15) is 64.3 Å². The van der Waals surface area contributed by atoms with E-state index in [2.05, 4.69) is 45.5 Å². The number of nitriles is 1. The van der Waals surface area contributed by atoms with E-state index in [1.165, 1.54) is 24.0 Å². The topological polar surface area (TPSA) is 131 Å². The van der Waals surface area contributed by atoms with Crippen molar-refractivity contribution in [3.63, 3.8) is 0 Å². The average molecular weight is 514 g/mol. The van der Waals surface area contributed by atoms with Gasteiger partial charge in [0.1, 0.15) is 5.57 Å². The van der Waals surface area contributed by atoms with Crippen LogP contribution >= 0.6 is 0 Å². The molecule has 2 aromatic rings. The molecule has 1 fully saturated rings. The van der Waals surface area contributed by atoms with Crippen LogP contribution in [0.5, 0.6) is 0 Å². The molecule has 38 heavy (non-hydrogen) atoms. The predicted octanol–water partition coefficient (Wildman–Crippen LogP) is 2.41. The molecule has 0 bridgehead atoms. The molecule has 9 nitrogen and oxygen atoms in total. The zero-order valence-corrected chi connectivity index (χ0v) is 22.8. The summed E-state index contributed by atoms with van der Waals surface area (Å²) in [5, 5.41) is 24.9. The number of quaternary nitrogens is 1. The fourth-order valence-electron chi connectivity index (χ4n) is 5.15. The van der Waals surface area contributed by atoms with E-state index in [1.54, 1.807) is 6.21 Å². The fraction of sp³-hybridized carbons (Fsp3) is 0.448. The van der Waals surface area contributed by atoms with Crippen LogP contribution in [0.3, 0.4) is 0 Å². The Balaban J connectivity index is 1.42. The maximum absolute atomic E-state index is 13.1. The van der Waals surface area contributed by atoms with Crippen molar-refractivity contribution in [3.05, 3.63) is 64.6 Å². The molecule has 198 valence electrons. The maximum atomic E-state index is 13.1. The Hall–Kier alpha value is -3.74. The van der Waals surface area contributed by atoms with Crippen molar-refractivity contribution in [2.45, 2.75) is 76.7 Å². The summed E-state index contributed by atoms with van der Waals surface area (Å²) in [5.74, 6) is 0.150. The number of fused-ring (bicyclic) bond motifs is 2. The zero-order chi connectivity index (χ0) is 27.1. The van der Waals surface area contributed by atoms with Gasteiger partial charge in [-0.15, -0.1) is 0 Å². The lowest BCUT2D eigenvalue weighted by Crippen LogP contribution is -2.82. The third-order valence-electron chi connectivity index (χ3n) is 7.46. The van der Waals surface area contributed by atoms with Crippen molar-refractivity contribution in [2.24, 2.45) is 4.99 Å². The third-order valence-corrected chi connectivity index (χ3v) is 7.46. The van der Waals surface area contributed by atoms with Crippen molar-refractivity contribution in [1.82, 2.24) is 20.9 Å². The fourth-order valence-corrected chi connectivity index (χ4v) is 5.15. The summed E-state index contributed by atoms with van der Waals surface area (Å²) in [7, 11) is 0. The van der Waals surface area contributed by atoms with Gasteiger partial charge in [0, 0.05) is 42.5 Å². The molecule has 1 spiro atoms. The highest BCUT2D eigenvalue weighted by atomic mass is 16.1. The largest absolute Gasteiger partial charge is 0.350 e. The van der Waals surface area contributed by atoms with Gasteiger partial charge in [-0.1, -0.05) is 12.1 Å². The Bertz CT molecular complexity index is 1360. The Labute approximate surface area is 224 Å². The van der Waals surface area contributed by atoms with E-state index in [4.69, 9.17) is 9.98 Å². The SMILES string of the molecule is CC(C)NC(=O)C1=C([NH2+]c2cccc(C(C)(C)C#N)n2)NC(C)(Nc2ccc3c(c2)CNCC32CC2)N=C1. The van der Waals surface area contributed by atoms with E-state index < -0.39 is 11.2 Å². The quantitative estimate of drug-likeness (QED) is 0.387. The number of aliphatic imine (C=N–C) groups is 1. The summed E-state index contributed by atoms with van der Waals surface area (Å²) in [6.45, 7) is 11.4. The van der Waals surface area contributed by atoms with Gasteiger partial charge >= 0.3 is 0 Å². The van der Waals surface area contributed by atoms with E-state index >= 15 is 0 Å². The predicted molar refractivity (Wildman–Crippen MR) is 147 cm³/mol. The zero-order valence-electron chi connectivity index (χ0n) is 22.8. The number of benzene rings is 1. The van der Waals surface area contributed by atoms with Crippen molar-refractivity contribution in [1.29, 1.82) is 5.26 Å². The highest BCUT2D eigenvalue weighted by molar-refractivity contribution is 6.13. The Morgan fingerprint density at radius 3 is 2.74 bits per heavy atom. The molecule has 0 radical (unpaired) electrons. The first-order valence-corrected chi connectivity index (χ1v) is 13.3. The van der Waals surface area contributed by atoms with Crippen LogP contribution in [0, 0.1) is 11.3 Å². The highest BCUT2D eigenvalue weighted by Gasteiger charge is 2.46. The summed E-state index contributed by atoms with van der Waals surface area (Å²) in [6, 6.07) is 14.4. The molecule has 1 aromatic heterocycles. The van der Waals surface area contributed by atoms with Crippen LogP contribution in [0.4, 0.5) is 11.5 Å². The molecule has 1 aliphatic carbocycles. The first-order valence-electron chi connectivity index (χ1n) is 13.3. The van der Waals surface area contributed by atoms with E-state index in [9.17, 15) is 10.1 Å². The first-order chi connectivity index (χ1) is 18.0. The summed E-state index contributed by atoms with van der Waals surface area (Å²) in [5.41, 5.74) is 4.43. The van der Waals surface area contributed by atoms with Crippen LogP contribution in [0.15, 0.2) is 52.8 Å². The third kappa shape index (κ3) is 5.15. The number of hydrogen-bond donors (Lipinski definition) is 5. The van der Waals surface area contributed by atoms with Gasteiger partial charge in [-0.25, -0.2) is 10.3 Å². The number of hydrogen-bond acceptors (Lipinski definition) is 7. The second kappa shape index (κ2) is 9.53. The number of amides is 1. The molecule has 1 atom stereocenters. The molecule has 9 heteroatoms. The minimum Gasteiger partial charge on any atom is -0.350 e. The van der Waals surface area contributed by atoms with Crippen LogP contribution in [0.25, 0.3) is 0 Å². The lowest BCUT2D eigenvalue weighted by atomic mass is 9.88. The second-order valence-corrected chi connectivity index (χ2v) is 11.6. The van der Waals surface area contributed by atoms with Gasteiger partial charge < -0.3 is 16.0 Å². The van der Waals surface area contributed by atoms with E-state index in [-0.39, 0.29) is 11.9 Å². The minimum absolute atomic E-state index is 0.0205. The monoisotopic (exact) mass is 513 g/mol. The van der Waals surface area contributed by atoms with Gasteiger partial charge in [0.2, 0.25) is 17.4 Å². The molecule has 1 saturated carbocycles.